The van der Waals surface area contributed by atoms with Gasteiger partial charge in [0.1, 0.15) is 6.10 Å². The van der Waals surface area contributed by atoms with Gasteiger partial charge in [0.15, 0.2) is 6.29 Å². The van der Waals surface area contributed by atoms with Gasteiger partial charge in [-0.1, -0.05) is 25.7 Å². The van der Waals surface area contributed by atoms with Crippen molar-refractivity contribution >= 4 is 5.97 Å². The molecule has 0 spiro atoms. The maximum atomic E-state index is 10.9. The zero-order chi connectivity index (χ0) is 10.1. The Balaban J connectivity index is 1.87. The number of aliphatic hydroxyl groups excluding tert-OH is 1. The van der Waals surface area contributed by atoms with Gasteiger partial charge >= 0.3 is 5.97 Å². The number of hydrogen-bond acceptors (Lipinski definition) is 3. The fourth-order valence-electron chi connectivity index (χ4n) is 2.39. The molecule has 1 aliphatic carbocycles. The quantitative estimate of drug-likeness (QED) is 0.664. The predicted molar refractivity (Wildman–Crippen MR) is 48.6 cm³/mol. The van der Waals surface area contributed by atoms with Gasteiger partial charge in [0.25, 0.3) is 0 Å². The summed E-state index contributed by atoms with van der Waals surface area (Å²) in [6, 6.07) is 0. The second kappa shape index (κ2) is 3.87. The number of rotatable bonds is 4. The Morgan fingerprint density at radius 3 is 2.43 bits per heavy atom. The summed E-state index contributed by atoms with van der Waals surface area (Å²) in [5.41, 5.74) is 0. The lowest BCUT2D eigenvalue weighted by atomic mass is 9.91. The lowest BCUT2D eigenvalue weighted by Gasteiger charge is -2.14. The number of hydrogen-bond donors (Lipinski definition) is 2. The van der Waals surface area contributed by atoms with Crippen LogP contribution in [0, 0.1) is 11.8 Å². The first-order valence-corrected chi connectivity index (χ1v) is 5.25. The van der Waals surface area contributed by atoms with E-state index in [1.54, 1.807) is 0 Å². The first-order chi connectivity index (χ1) is 6.68. The number of carboxylic acid groups (broad SMARTS) is 1. The summed E-state index contributed by atoms with van der Waals surface area (Å²) in [7, 11) is 0. The lowest BCUT2D eigenvalue weighted by Crippen LogP contribution is -2.23. The Labute approximate surface area is 82.9 Å². The van der Waals surface area contributed by atoms with E-state index in [9.17, 15) is 4.79 Å². The van der Waals surface area contributed by atoms with Gasteiger partial charge in [-0.3, -0.25) is 4.79 Å². The minimum absolute atomic E-state index is 0.451. The third-order valence-electron chi connectivity index (χ3n) is 3.28. The Kier molecular flexibility index (Phi) is 2.74. The van der Waals surface area contributed by atoms with Gasteiger partial charge in [-0.25, -0.2) is 0 Å². The van der Waals surface area contributed by atoms with E-state index in [0.717, 1.165) is 12.8 Å². The summed E-state index contributed by atoms with van der Waals surface area (Å²) in [5, 5.41) is 18.0. The molecular formula is C10H16O4. The van der Waals surface area contributed by atoms with Crippen LogP contribution in [0.25, 0.3) is 0 Å². The van der Waals surface area contributed by atoms with E-state index in [0.29, 0.717) is 12.3 Å². The maximum absolute atomic E-state index is 10.9. The van der Waals surface area contributed by atoms with Crippen LogP contribution >= 0.6 is 0 Å². The van der Waals surface area contributed by atoms with E-state index in [-0.39, 0.29) is 0 Å². The summed E-state index contributed by atoms with van der Waals surface area (Å²) < 4.78 is 4.83. The highest BCUT2D eigenvalue weighted by molar-refractivity contribution is 5.71. The van der Waals surface area contributed by atoms with Crippen LogP contribution < -0.4 is 0 Å². The topological polar surface area (TPSA) is 70.1 Å². The SMILES string of the molecule is O=C(O)C(CC1CCCC1)C1OC1O. The molecule has 0 bridgehead atoms. The molecule has 4 nitrogen and oxygen atoms in total. The molecule has 3 unspecified atom stereocenters. The first-order valence-electron chi connectivity index (χ1n) is 5.25. The molecule has 2 fully saturated rings. The number of aliphatic carboxylic acids is 1. The number of epoxide rings is 1. The summed E-state index contributed by atoms with van der Waals surface area (Å²) >= 11 is 0. The standard InChI is InChI=1S/C10H16O4/c11-9(12)7(8-10(13)14-8)5-6-3-1-2-4-6/h6-8,10,13H,1-5H2,(H,11,12). The third kappa shape index (κ3) is 2.07. The smallest absolute Gasteiger partial charge is 0.309 e. The minimum atomic E-state index is -0.836. The highest BCUT2D eigenvalue weighted by atomic mass is 16.7. The Morgan fingerprint density at radius 2 is 2.00 bits per heavy atom. The van der Waals surface area contributed by atoms with Crippen molar-refractivity contribution in [3.63, 3.8) is 0 Å². The van der Waals surface area contributed by atoms with Crippen LogP contribution in [-0.2, 0) is 9.53 Å². The predicted octanol–water partition coefficient (Wildman–Crippen LogP) is 0.985. The van der Waals surface area contributed by atoms with Crippen molar-refractivity contribution in [2.45, 2.75) is 44.5 Å². The zero-order valence-electron chi connectivity index (χ0n) is 8.06. The average Bonchev–Trinajstić information content (AvgIpc) is 2.68. The summed E-state index contributed by atoms with van der Waals surface area (Å²) in [5.74, 6) is -0.820. The molecule has 1 heterocycles. The average molecular weight is 200 g/mol. The van der Waals surface area contributed by atoms with Crippen LogP contribution in [0.5, 0.6) is 0 Å². The van der Waals surface area contributed by atoms with Crippen molar-refractivity contribution in [2.75, 3.05) is 0 Å². The zero-order valence-corrected chi connectivity index (χ0v) is 8.06. The van der Waals surface area contributed by atoms with E-state index in [1.807, 2.05) is 0 Å². The van der Waals surface area contributed by atoms with Crippen molar-refractivity contribution in [1.29, 1.82) is 0 Å². The van der Waals surface area contributed by atoms with E-state index in [4.69, 9.17) is 14.9 Å². The highest BCUT2D eigenvalue weighted by Crippen LogP contribution is 2.36. The molecule has 3 atom stereocenters. The monoisotopic (exact) mass is 200 g/mol. The second-order valence-electron chi connectivity index (χ2n) is 4.32. The van der Waals surface area contributed by atoms with Crippen LogP contribution in [0.15, 0.2) is 0 Å². The number of aliphatic hydroxyl groups is 1. The maximum Gasteiger partial charge on any atom is 0.309 e. The molecule has 0 aromatic rings. The number of ether oxygens (including phenoxy) is 1. The number of carboxylic acids is 1. The molecule has 2 aliphatic rings. The van der Waals surface area contributed by atoms with Crippen LogP contribution in [-0.4, -0.2) is 28.6 Å². The van der Waals surface area contributed by atoms with Crippen molar-refractivity contribution in [1.82, 2.24) is 0 Å². The van der Waals surface area contributed by atoms with Gasteiger partial charge in [-0.05, 0) is 12.3 Å². The van der Waals surface area contributed by atoms with Crippen LogP contribution in [0.4, 0.5) is 0 Å². The Bertz CT molecular complexity index is 222. The normalized spacial score (nSPS) is 34.4. The molecule has 0 aromatic carbocycles. The Morgan fingerprint density at radius 1 is 1.43 bits per heavy atom. The highest BCUT2D eigenvalue weighted by Gasteiger charge is 2.47. The molecule has 1 saturated heterocycles. The summed E-state index contributed by atoms with van der Waals surface area (Å²) in [6.45, 7) is 0. The molecule has 0 aromatic heterocycles. The fraction of sp³-hybridized carbons (Fsp3) is 0.900. The molecule has 80 valence electrons. The summed E-state index contributed by atoms with van der Waals surface area (Å²) in [6.07, 6.45) is 4.07. The molecule has 2 N–H and O–H groups in total. The summed E-state index contributed by atoms with van der Waals surface area (Å²) in [4.78, 5) is 10.9. The van der Waals surface area contributed by atoms with Gasteiger partial charge in [-0.15, -0.1) is 0 Å². The van der Waals surface area contributed by atoms with Crippen LogP contribution in [0.1, 0.15) is 32.1 Å². The molecule has 0 radical (unpaired) electrons. The molecule has 1 aliphatic heterocycles. The molecule has 1 saturated carbocycles. The van der Waals surface area contributed by atoms with Crippen molar-refractivity contribution in [3.05, 3.63) is 0 Å². The first kappa shape index (κ1) is 9.93. The van der Waals surface area contributed by atoms with Gasteiger partial charge in [0, 0.05) is 0 Å². The van der Waals surface area contributed by atoms with E-state index in [1.165, 1.54) is 12.8 Å². The van der Waals surface area contributed by atoms with Gasteiger partial charge < -0.3 is 14.9 Å². The molecular weight excluding hydrogens is 184 g/mol. The third-order valence-corrected chi connectivity index (χ3v) is 3.28. The van der Waals surface area contributed by atoms with Gasteiger partial charge in [0.05, 0.1) is 5.92 Å². The van der Waals surface area contributed by atoms with Crippen LogP contribution in [0.3, 0.4) is 0 Å². The Hall–Kier alpha value is -0.610. The minimum Gasteiger partial charge on any atom is -0.481 e. The molecule has 4 heteroatoms. The lowest BCUT2D eigenvalue weighted by molar-refractivity contribution is -0.143. The van der Waals surface area contributed by atoms with E-state index >= 15 is 0 Å². The van der Waals surface area contributed by atoms with Gasteiger partial charge in [-0.2, -0.15) is 0 Å². The molecule has 14 heavy (non-hydrogen) atoms. The van der Waals surface area contributed by atoms with E-state index in [2.05, 4.69) is 0 Å². The fourth-order valence-corrected chi connectivity index (χ4v) is 2.39. The van der Waals surface area contributed by atoms with E-state index < -0.39 is 24.3 Å². The largest absolute Gasteiger partial charge is 0.481 e. The van der Waals surface area contributed by atoms with Gasteiger partial charge in [0.2, 0.25) is 0 Å². The van der Waals surface area contributed by atoms with Crippen LogP contribution in [0.2, 0.25) is 0 Å². The molecule has 0 amide bonds. The molecule has 2 rings (SSSR count). The second-order valence-corrected chi connectivity index (χ2v) is 4.32. The number of carbonyl (C=O) groups is 1. The van der Waals surface area contributed by atoms with Crippen molar-refractivity contribution in [2.24, 2.45) is 11.8 Å². The van der Waals surface area contributed by atoms with Crippen molar-refractivity contribution in [3.8, 4) is 0 Å². The van der Waals surface area contributed by atoms with Crippen molar-refractivity contribution < 1.29 is 19.7 Å².